The van der Waals surface area contributed by atoms with E-state index in [1.165, 1.54) is 4.90 Å². The van der Waals surface area contributed by atoms with Gasteiger partial charge in [0.2, 0.25) is 5.91 Å². The van der Waals surface area contributed by atoms with E-state index in [1.54, 1.807) is 25.9 Å². The Kier molecular flexibility index (Phi) is 7.48. The zero-order chi connectivity index (χ0) is 16.5. The first-order valence-electron chi connectivity index (χ1n) is 7.62. The van der Waals surface area contributed by atoms with Gasteiger partial charge in [0.25, 0.3) is 0 Å². The Morgan fingerprint density at radius 2 is 2.00 bits per heavy atom. The van der Waals surface area contributed by atoms with Crippen LogP contribution in [0.3, 0.4) is 0 Å². The van der Waals surface area contributed by atoms with Crippen LogP contribution in [0.5, 0.6) is 0 Å². The lowest BCUT2D eigenvalue weighted by molar-refractivity contribution is -0.128. The Hall–Kier alpha value is -1.99. The van der Waals surface area contributed by atoms with E-state index >= 15 is 0 Å². The predicted octanol–water partition coefficient (Wildman–Crippen LogP) is -0.0101. The minimum Gasteiger partial charge on any atom is -0.450 e. The lowest BCUT2D eigenvalue weighted by Gasteiger charge is -2.31. The van der Waals surface area contributed by atoms with Gasteiger partial charge >= 0.3 is 6.09 Å². The standard InChI is InChI=1S/C14H27N5O3/c1-4-22-14(21)19-9-6-11(7-10-19)17-13(15)16-8-5-12(20)18(2)3/h11H,4-10H2,1-3H3,(H3,15,16,17). The van der Waals surface area contributed by atoms with Crippen LogP contribution in [0.15, 0.2) is 4.99 Å². The molecule has 1 rings (SSSR count). The summed E-state index contributed by atoms with van der Waals surface area (Å²) in [4.78, 5) is 30.4. The van der Waals surface area contributed by atoms with Gasteiger partial charge in [-0.25, -0.2) is 4.79 Å². The normalized spacial score (nSPS) is 16.3. The van der Waals surface area contributed by atoms with Gasteiger partial charge in [-0.15, -0.1) is 0 Å². The SMILES string of the molecule is CCOC(=O)N1CCC(NC(N)=NCCC(=O)N(C)C)CC1. The molecule has 0 radical (unpaired) electrons. The highest BCUT2D eigenvalue weighted by Gasteiger charge is 2.23. The number of amides is 2. The molecule has 0 aliphatic carbocycles. The van der Waals surface area contributed by atoms with Crippen molar-refractivity contribution in [2.75, 3.05) is 40.3 Å². The second-order valence-electron chi connectivity index (χ2n) is 5.41. The minimum absolute atomic E-state index is 0.0271. The summed E-state index contributed by atoms with van der Waals surface area (Å²) in [7, 11) is 3.43. The molecule has 8 nitrogen and oxygen atoms in total. The van der Waals surface area contributed by atoms with E-state index in [9.17, 15) is 9.59 Å². The average molecular weight is 313 g/mol. The molecule has 126 valence electrons. The lowest BCUT2D eigenvalue weighted by Crippen LogP contribution is -2.48. The molecule has 8 heteroatoms. The summed E-state index contributed by atoms with van der Waals surface area (Å²) in [5.41, 5.74) is 5.82. The number of carbonyl (C=O) groups excluding carboxylic acids is 2. The second kappa shape index (κ2) is 9.11. The van der Waals surface area contributed by atoms with Gasteiger partial charge in [-0.3, -0.25) is 9.79 Å². The van der Waals surface area contributed by atoms with Gasteiger partial charge in [0.1, 0.15) is 0 Å². The number of nitrogens with zero attached hydrogens (tertiary/aromatic N) is 3. The number of rotatable bonds is 5. The van der Waals surface area contributed by atoms with E-state index in [0.717, 1.165) is 12.8 Å². The van der Waals surface area contributed by atoms with Crippen molar-refractivity contribution in [1.29, 1.82) is 0 Å². The molecule has 0 aromatic rings. The van der Waals surface area contributed by atoms with Gasteiger partial charge in [-0.1, -0.05) is 0 Å². The molecule has 0 saturated carbocycles. The van der Waals surface area contributed by atoms with Crippen molar-refractivity contribution in [3.63, 3.8) is 0 Å². The third-order valence-electron chi connectivity index (χ3n) is 3.48. The third-order valence-corrected chi connectivity index (χ3v) is 3.48. The third kappa shape index (κ3) is 6.19. The number of guanidine groups is 1. The van der Waals surface area contributed by atoms with E-state index in [0.29, 0.717) is 38.6 Å². The van der Waals surface area contributed by atoms with Crippen molar-refractivity contribution in [3.05, 3.63) is 0 Å². The van der Waals surface area contributed by atoms with Crippen LogP contribution < -0.4 is 11.1 Å². The van der Waals surface area contributed by atoms with E-state index in [1.807, 2.05) is 0 Å². The second-order valence-corrected chi connectivity index (χ2v) is 5.41. The highest BCUT2D eigenvalue weighted by molar-refractivity contribution is 5.79. The maximum atomic E-state index is 11.6. The maximum Gasteiger partial charge on any atom is 0.409 e. The maximum absolute atomic E-state index is 11.6. The number of carbonyl (C=O) groups is 2. The quantitative estimate of drug-likeness (QED) is 0.549. The fourth-order valence-corrected chi connectivity index (χ4v) is 2.17. The van der Waals surface area contributed by atoms with E-state index in [2.05, 4.69) is 10.3 Å². The molecular weight excluding hydrogens is 286 g/mol. The number of ether oxygens (including phenoxy) is 1. The summed E-state index contributed by atoms with van der Waals surface area (Å²) in [6.45, 7) is 3.84. The van der Waals surface area contributed by atoms with Crippen LogP contribution in [0.2, 0.25) is 0 Å². The summed E-state index contributed by atoms with van der Waals surface area (Å²) in [5, 5.41) is 3.14. The van der Waals surface area contributed by atoms with E-state index in [-0.39, 0.29) is 18.0 Å². The fraction of sp³-hybridized carbons (Fsp3) is 0.786. The number of aliphatic imine (C=N–C) groups is 1. The number of piperidine rings is 1. The summed E-state index contributed by atoms with van der Waals surface area (Å²) in [5.74, 6) is 0.375. The number of nitrogens with two attached hydrogens (primary N) is 1. The van der Waals surface area contributed by atoms with Crippen LogP contribution in [0, 0.1) is 0 Å². The molecule has 0 bridgehead atoms. The summed E-state index contributed by atoms with van der Waals surface area (Å²) < 4.78 is 4.97. The monoisotopic (exact) mass is 313 g/mol. The molecule has 1 saturated heterocycles. The molecular formula is C14H27N5O3. The van der Waals surface area contributed by atoms with Crippen LogP contribution in [0.1, 0.15) is 26.2 Å². The molecule has 0 unspecified atom stereocenters. The lowest BCUT2D eigenvalue weighted by atomic mass is 10.1. The molecule has 0 spiro atoms. The Labute approximate surface area is 131 Å². The predicted molar refractivity (Wildman–Crippen MR) is 84.6 cm³/mol. The van der Waals surface area contributed by atoms with Crippen LogP contribution in [0.4, 0.5) is 4.79 Å². The molecule has 1 aliphatic heterocycles. The minimum atomic E-state index is -0.259. The molecule has 22 heavy (non-hydrogen) atoms. The zero-order valence-electron chi connectivity index (χ0n) is 13.7. The van der Waals surface area contributed by atoms with Crippen molar-refractivity contribution in [2.24, 2.45) is 10.7 Å². The Morgan fingerprint density at radius 1 is 1.36 bits per heavy atom. The van der Waals surface area contributed by atoms with Crippen molar-refractivity contribution >= 4 is 18.0 Å². The number of hydrogen-bond donors (Lipinski definition) is 2. The molecule has 1 aliphatic rings. The van der Waals surface area contributed by atoms with Crippen molar-refractivity contribution < 1.29 is 14.3 Å². The van der Waals surface area contributed by atoms with Gasteiger partial charge in [0.05, 0.1) is 13.2 Å². The Morgan fingerprint density at radius 3 is 2.55 bits per heavy atom. The van der Waals surface area contributed by atoms with Gasteiger partial charge in [-0.2, -0.15) is 0 Å². The van der Waals surface area contributed by atoms with Crippen molar-refractivity contribution in [3.8, 4) is 0 Å². The van der Waals surface area contributed by atoms with Gasteiger partial charge in [0.15, 0.2) is 5.96 Å². The Bertz CT molecular complexity index is 403. The van der Waals surface area contributed by atoms with Gasteiger partial charge in [-0.05, 0) is 19.8 Å². The number of nitrogens with one attached hydrogen (secondary N) is 1. The fourth-order valence-electron chi connectivity index (χ4n) is 2.17. The molecule has 1 heterocycles. The smallest absolute Gasteiger partial charge is 0.409 e. The van der Waals surface area contributed by atoms with Crippen LogP contribution in [-0.4, -0.2) is 74.1 Å². The van der Waals surface area contributed by atoms with E-state index in [4.69, 9.17) is 10.5 Å². The molecule has 2 amide bonds. The first kappa shape index (κ1) is 18.1. The first-order chi connectivity index (χ1) is 10.4. The molecule has 3 N–H and O–H groups in total. The van der Waals surface area contributed by atoms with Crippen LogP contribution in [-0.2, 0) is 9.53 Å². The zero-order valence-corrected chi connectivity index (χ0v) is 13.7. The highest BCUT2D eigenvalue weighted by Crippen LogP contribution is 2.11. The summed E-state index contributed by atoms with van der Waals surface area (Å²) in [6, 6.07) is 0.193. The average Bonchev–Trinajstić information content (AvgIpc) is 2.48. The number of hydrogen-bond acceptors (Lipinski definition) is 4. The summed E-state index contributed by atoms with van der Waals surface area (Å²) >= 11 is 0. The Balaban J connectivity index is 2.28. The van der Waals surface area contributed by atoms with Gasteiger partial charge in [0, 0.05) is 39.6 Å². The topological polar surface area (TPSA) is 100 Å². The molecule has 1 fully saturated rings. The van der Waals surface area contributed by atoms with Crippen molar-refractivity contribution in [2.45, 2.75) is 32.2 Å². The first-order valence-corrected chi connectivity index (χ1v) is 7.62. The molecule has 0 atom stereocenters. The molecule has 0 aromatic carbocycles. The van der Waals surface area contributed by atoms with Crippen molar-refractivity contribution in [1.82, 2.24) is 15.1 Å². The van der Waals surface area contributed by atoms with Crippen LogP contribution in [0.25, 0.3) is 0 Å². The van der Waals surface area contributed by atoms with Crippen LogP contribution >= 0.6 is 0 Å². The van der Waals surface area contributed by atoms with Gasteiger partial charge < -0.3 is 25.6 Å². The molecule has 0 aromatic heterocycles. The summed E-state index contributed by atoms with van der Waals surface area (Å²) in [6.07, 6.45) is 1.68. The largest absolute Gasteiger partial charge is 0.450 e. The number of likely N-dealkylation sites (tertiary alicyclic amines) is 1. The van der Waals surface area contributed by atoms with E-state index < -0.39 is 0 Å². The highest BCUT2D eigenvalue weighted by atomic mass is 16.6.